The first-order valence-electron chi connectivity index (χ1n) is 7.63. The second-order valence-corrected chi connectivity index (χ2v) is 5.91. The smallest absolute Gasteiger partial charge is 0.136 e. The van der Waals surface area contributed by atoms with Crippen molar-refractivity contribution in [2.45, 2.75) is 39.0 Å². The molecule has 1 fully saturated rings. The van der Waals surface area contributed by atoms with Crippen LogP contribution in [0.5, 0.6) is 0 Å². The molecule has 1 aliphatic rings. The largest absolute Gasteiger partial charge is 0.299 e. The van der Waals surface area contributed by atoms with Gasteiger partial charge in [-0.05, 0) is 36.8 Å². The highest BCUT2D eigenvalue weighted by Crippen LogP contribution is 2.32. The molecular formula is C18H21NO. The van der Waals surface area contributed by atoms with Gasteiger partial charge in [-0.1, -0.05) is 37.6 Å². The van der Waals surface area contributed by atoms with Crippen LogP contribution in [0.25, 0.3) is 10.9 Å². The van der Waals surface area contributed by atoms with E-state index in [1.165, 1.54) is 17.4 Å². The highest BCUT2D eigenvalue weighted by atomic mass is 16.1. The number of hydrogen-bond acceptors (Lipinski definition) is 2. The maximum Gasteiger partial charge on any atom is 0.136 e. The lowest BCUT2D eigenvalue weighted by molar-refractivity contribution is -0.125. The molecule has 0 radical (unpaired) electrons. The van der Waals surface area contributed by atoms with Gasteiger partial charge in [0.2, 0.25) is 0 Å². The van der Waals surface area contributed by atoms with Crippen molar-refractivity contribution in [2.75, 3.05) is 0 Å². The first kappa shape index (κ1) is 13.3. The summed E-state index contributed by atoms with van der Waals surface area (Å²) in [7, 11) is 0. The molecule has 2 nitrogen and oxygen atoms in total. The lowest BCUT2D eigenvalue weighted by Crippen LogP contribution is -2.26. The lowest BCUT2D eigenvalue weighted by atomic mass is 9.76. The van der Waals surface area contributed by atoms with Gasteiger partial charge in [0.15, 0.2) is 0 Å². The Morgan fingerprint density at radius 1 is 1.25 bits per heavy atom. The summed E-state index contributed by atoms with van der Waals surface area (Å²) >= 11 is 0. The molecule has 3 rings (SSSR count). The minimum Gasteiger partial charge on any atom is -0.299 e. The number of para-hydroxylation sites is 1. The Morgan fingerprint density at radius 2 is 2.10 bits per heavy atom. The van der Waals surface area contributed by atoms with E-state index in [1.54, 1.807) is 0 Å². The van der Waals surface area contributed by atoms with Crippen molar-refractivity contribution in [3.8, 4) is 0 Å². The molecule has 2 unspecified atom stereocenters. The van der Waals surface area contributed by atoms with Gasteiger partial charge in [-0.15, -0.1) is 0 Å². The molecule has 0 amide bonds. The number of pyridine rings is 1. The zero-order valence-electron chi connectivity index (χ0n) is 12.0. The van der Waals surface area contributed by atoms with Gasteiger partial charge in [0.25, 0.3) is 0 Å². The average molecular weight is 267 g/mol. The first-order chi connectivity index (χ1) is 9.78. The van der Waals surface area contributed by atoms with Gasteiger partial charge in [0.1, 0.15) is 5.78 Å². The molecule has 104 valence electrons. The summed E-state index contributed by atoms with van der Waals surface area (Å²) in [5, 5.41) is 1.17. The predicted octanol–water partition coefficient (Wildman–Crippen LogP) is 4.17. The molecule has 1 aromatic heterocycles. The second kappa shape index (κ2) is 5.74. The summed E-state index contributed by atoms with van der Waals surface area (Å²) in [5.41, 5.74) is 2.28. The molecule has 0 bridgehead atoms. The van der Waals surface area contributed by atoms with Crippen molar-refractivity contribution < 1.29 is 4.79 Å². The average Bonchev–Trinajstić information content (AvgIpc) is 2.50. The fraction of sp³-hybridized carbons (Fsp3) is 0.444. The normalized spacial score (nSPS) is 23.1. The highest BCUT2D eigenvalue weighted by molar-refractivity contribution is 5.85. The zero-order valence-corrected chi connectivity index (χ0v) is 12.0. The van der Waals surface area contributed by atoms with E-state index in [9.17, 15) is 4.79 Å². The third-order valence-electron chi connectivity index (χ3n) is 4.63. The quantitative estimate of drug-likeness (QED) is 0.835. The van der Waals surface area contributed by atoms with Crippen LogP contribution < -0.4 is 0 Å². The van der Waals surface area contributed by atoms with Crippen LogP contribution in [0.1, 0.15) is 38.2 Å². The molecule has 1 heterocycles. The summed E-state index contributed by atoms with van der Waals surface area (Å²) < 4.78 is 0. The Labute approximate surface area is 120 Å². The number of aromatic nitrogens is 1. The number of rotatable bonds is 3. The Kier molecular flexibility index (Phi) is 3.81. The highest BCUT2D eigenvalue weighted by Gasteiger charge is 2.28. The standard InChI is InChI=1S/C18H21NO/c1-2-13-8-9-17(20)16(11-13)12-15-6-3-5-14-7-4-10-19-18(14)15/h3-7,10,13,16H,2,8-9,11-12H2,1H3. The summed E-state index contributed by atoms with van der Waals surface area (Å²) in [4.78, 5) is 16.7. The molecule has 0 aliphatic heterocycles. The Bertz CT molecular complexity index is 614. The molecule has 2 atom stereocenters. The summed E-state index contributed by atoms with van der Waals surface area (Å²) in [6.07, 6.45) is 6.78. The Hall–Kier alpha value is -1.70. The van der Waals surface area contributed by atoms with Crippen molar-refractivity contribution in [1.29, 1.82) is 0 Å². The van der Waals surface area contributed by atoms with Crippen molar-refractivity contribution in [3.05, 3.63) is 42.1 Å². The third kappa shape index (κ3) is 2.60. The van der Waals surface area contributed by atoms with E-state index in [1.807, 2.05) is 12.3 Å². The van der Waals surface area contributed by atoms with Crippen LogP contribution in [0.2, 0.25) is 0 Å². The SMILES string of the molecule is CCC1CCC(=O)C(Cc2cccc3cccnc23)C1. The number of nitrogens with zero attached hydrogens (tertiary/aromatic N) is 1. The Morgan fingerprint density at radius 3 is 2.95 bits per heavy atom. The third-order valence-corrected chi connectivity index (χ3v) is 4.63. The van der Waals surface area contributed by atoms with Gasteiger partial charge < -0.3 is 0 Å². The second-order valence-electron chi connectivity index (χ2n) is 5.91. The number of benzene rings is 1. The molecule has 0 spiro atoms. The van der Waals surface area contributed by atoms with E-state index in [-0.39, 0.29) is 5.92 Å². The molecule has 2 heteroatoms. The number of Topliss-reactive ketones (excluding diaryl/α,β-unsaturated/α-hetero) is 1. The molecule has 2 aromatic rings. The number of fused-ring (bicyclic) bond motifs is 1. The molecule has 0 saturated heterocycles. The molecule has 20 heavy (non-hydrogen) atoms. The number of carbonyl (C=O) groups excluding carboxylic acids is 1. The van der Waals surface area contributed by atoms with Gasteiger partial charge >= 0.3 is 0 Å². The van der Waals surface area contributed by atoms with E-state index < -0.39 is 0 Å². The van der Waals surface area contributed by atoms with Crippen LogP contribution in [0.4, 0.5) is 0 Å². The zero-order chi connectivity index (χ0) is 13.9. The number of ketones is 1. The van der Waals surface area contributed by atoms with Gasteiger partial charge in [0, 0.05) is 23.9 Å². The maximum atomic E-state index is 12.2. The first-order valence-corrected chi connectivity index (χ1v) is 7.63. The van der Waals surface area contributed by atoms with Gasteiger partial charge in [-0.25, -0.2) is 0 Å². The monoisotopic (exact) mass is 267 g/mol. The number of carbonyl (C=O) groups is 1. The van der Waals surface area contributed by atoms with Crippen molar-refractivity contribution in [3.63, 3.8) is 0 Å². The van der Waals surface area contributed by atoms with Crippen LogP contribution in [0.3, 0.4) is 0 Å². The van der Waals surface area contributed by atoms with Crippen LogP contribution in [0.15, 0.2) is 36.5 Å². The lowest BCUT2D eigenvalue weighted by Gasteiger charge is -2.27. The topological polar surface area (TPSA) is 30.0 Å². The molecule has 1 aromatic carbocycles. The molecule has 1 saturated carbocycles. The van der Waals surface area contributed by atoms with Crippen LogP contribution >= 0.6 is 0 Å². The summed E-state index contributed by atoms with van der Waals surface area (Å²) in [5.74, 6) is 1.37. The fourth-order valence-corrected chi connectivity index (χ4v) is 3.37. The predicted molar refractivity (Wildman–Crippen MR) is 81.6 cm³/mol. The molecule has 0 N–H and O–H groups in total. The maximum absolute atomic E-state index is 12.2. The van der Waals surface area contributed by atoms with Crippen molar-refractivity contribution in [1.82, 2.24) is 4.98 Å². The van der Waals surface area contributed by atoms with Crippen molar-refractivity contribution in [2.24, 2.45) is 11.8 Å². The van der Waals surface area contributed by atoms with Crippen LogP contribution in [-0.2, 0) is 11.2 Å². The van der Waals surface area contributed by atoms with E-state index >= 15 is 0 Å². The minimum atomic E-state index is 0.196. The van der Waals surface area contributed by atoms with Gasteiger partial charge in [-0.3, -0.25) is 9.78 Å². The van der Waals surface area contributed by atoms with Crippen molar-refractivity contribution >= 4 is 16.7 Å². The number of hydrogen-bond donors (Lipinski definition) is 0. The van der Waals surface area contributed by atoms with E-state index in [2.05, 4.69) is 36.2 Å². The minimum absolute atomic E-state index is 0.196. The van der Waals surface area contributed by atoms with E-state index in [0.29, 0.717) is 5.78 Å². The fourth-order valence-electron chi connectivity index (χ4n) is 3.37. The van der Waals surface area contributed by atoms with Crippen LogP contribution in [0, 0.1) is 11.8 Å². The Balaban J connectivity index is 1.87. The van der Waals surface area contributed by atoms with Crippen LogP contribution in [-0.4, -0.2) is 10.8 Å². The summed E-state index contributed by atoms with van der Waals surface area (Å²) in [6, 6.07) is 10.3. The van der Waals surface area contributed by atoms with Gasteiger partial charge in [0.05, 0.1) is 5.52 Å². The molecular weight excluding hydrogens is 246 g/mol. The molecule has 1 aliphatic carbocycles. The van der Waals surface area contributed by atoms with Gasteiger partial charge in [-0.2, -0.15) is 0 Å². The summed E-state index contributed by atoms with van der Waals surface area (Å²) in [6.45, 7) is 2.23. The van der Waals surface area contributed by atoms with E-state index in [0.717, 1.165) is 37.1 Å². The van der Waals surface area contributed by atoms with E-state index in [4.69, 9.17) is 0 Å².